The van der Waals surface area contributed by atoms with Gasteiger partial charge in [-0.25, -0.2) is 22.8 Å². The van der Waals surface area contributed by atoms with E-state index < -0.39 is 93.8 Å². The molecule has 3 fully saturated rings. The summed E-state index contributed by atoms with van der Waals surface area (Å²) in [4.78, 5) is 112. The molecule has 5 aliphatic rings. The van der Waals surface area contributed by atoms with Crippen molar-refractivity contribution in [3.63, 3.8) is 0 Å². The molecule has 4 aromatic rings. The van der Waals surface area contributed by atoms with Gasteiger partial charge in [0.05, 0.1) is 25.2 Å². The molecule has 0 aromatic heterocycles. The van der Waals surface area contributed by atoms with E-state index >= 15 is 23.2 Å². The molecule has 7 atom stereocenters. The number of nitrogens with zero attached hydrogens (tertiary/aromatic N) is 6. The van der Waals surface area contributed by atoms with E-state index in [0.29, 0.717) is 75.5 Å². The highest BCUT2D eigenvalue weighted by Gasteiger charge is 2.49. The standard InChI is InChI=1S/C66H84F3N9O11/c1-39-32-75(48(34-74-25-28-87-37-40(74)2)35-76(39)63(85)89-65(7,8)9)36-54(79)78-38-66(10,50-22-17-43(30-53(50)78)29-42-15-19-46(67)20-16-42)61(83)70-47-21-18-45-33-77(57(49(45)31-47)59(81)72-56-51(68)13-12-14-52(56)69)60(82)55(44-23-26-86-27-24-44)71-58(80)41(3)73(11)62(84)88-64(4,5)6/h12-22,30-31,39-41,44,48,55,57H,23-29,32-38H2,1-11H3,(H,70,83)(H,71,80)(H,72,81)/t39-,40?,41?,48+,55?,57?,66?/m1/s1. The monoisotopic (exact) mass is 1240 g/mol. The Bertz CT molecular complexity index is 3300. The number of anilines is 3. The van der Waals surface area contributed by atoms with Gasteiger partial charge >= 0.3 is 12.2 Å². The number of carbonyl (C=O) groups excluding carboxylic acids is 7. The molecule has 0 aliphatic carbocycles. The van der Waals surface area contributed by atoms with Crippen molar-refractivity contribution < 1.29 is 65.7 Å². The zero-order valence-electron chi connectivity index (χ0n) is 52.8. The van der Waals surface area contributed by atoms with Gasteiger partial charge in [0.2, 0.25) is 23.6 Å². The van der Waals surface area contributed by atoms with E-state index in [2.05, 4.69) is 32.7 Å². The lowest BCUT2D eigenvalue weighted by atomic mass is 9.82. The van der Waals surface area contributed by atoms with E-state index in [1.807, 2.05) is 45.9 Å². The maximum absolute atomic E-state index is 15.4. The third-order valence-electron chi connectivity index (χ3n) is 17.5. The van der Waals surface area contributed by atoms with Gasteiger partial charge < -0.3 is 49.6 Å². The Labute approximate surface area is 518 Å². The molecule has 7 amide bonds. The molecule has 5 heterocycles. The number of para-hydroxylation sites is 1. The zero-order valence-corrected chi connectivity index (χ0v) is 52.8. The number of nitrogens with one attached hydrogen (secondary N) is 3. The minimum atomic E-state index is -1.56. The molecule has 4 aromatic carbocycles. The number of likely N-dealkylation sites (N-methyl/N-ethyl adjacent to an activating group) is 1. The van der Waals surface area contributed by atoms with Crippen LogP contribution in [0.4, 0.5) is 39.8 Å². The summed E-state index contributed by atoms with van der Waals surface area (Å²) in [7, 11) is 1.40. The predicted octanol–water partition coefficient (Wildman–Crippen LogP) is 8.16. The van der Waals surface area contributed by atoms with Crippen LogP contribution in [0.25, 0.3) is 0 Å². The summed E-state index contributed by atoms with van der Waals surface area (Å²) in [6, 6.07) is 15.1. The summed E-state index contributed by atoms with van der Waals surface area (Å²) < 4.78 is 67.5. The molecule has 3 saturated heterocycles. The lowest BCUT2D eigenvalue weighted by Gasteiger charge is -2.47. The van der Waals surface area contributed by atoms with E-state index in [-0.39, 0.29) is 73.9 Å². The fourth-order valence-corrected chi connectivity index (χ4v) is 12.4. The fourth-order valence-electron chi connectivity index (χ4n) is 12.4. The highest BCUT2D eigenvalue weighted by molar-refractivity contribution is 6.07. The molecule has 3 N–H and O–H groups in total. The molecule has 5 unspecified atom stereocenters. The Morgan fingerprint density at radius 3 is 2.11 bits per heavy atom. The van der Waals surface area contributed by atoms with Gasteiger partial charge in [-0.15, -0.1) is 0 Å². The molecule has 0 bridgehead atoms. The highest BCUT2D eigenvalue weighted by Crippen LogP contribution is 2.44. The Hall–Kier alpha value is -7.60. The van der Waals surface area contributed by atoms with Crippen molar-refractivity contribution in [2.45, 2.75) is 148 Å². The van der Waals surface area contributed by atoms with Gasteiger partial charge in [-0.05, 0) is 165 Å². The molecule has 0 radical (unpaired) electrons. The molecule has 89 heavy (non-hydrogen) atoms. The molecule has 0 spiro atoms. The first kappa shape index (κ1) is 65.8. The number of hydrogen-bond donors (Lipinski definition) is 3. The summed E-state index contributed by atoms with van der Waals surface area (Å²) in [6.07, 6.45) is -0.119. The first-order valence-electron chi connectivity index (χ1n) is 30.6. The number of carbonyl (C=O) groups is 7. The van der Waals surface area contributed by atoms with Crippen LogP contribution >= 0.6 is 0 Å². The third-order valence-corrected chi connectivity index (χ3v) is 17.5. The Morgan fingerprint density at radius 2 is 1.45 bits per heavy atom. The molecule has 5 aliphatic heterocycles. The molecule has 0 saturated carbocycles. The number of hydrogen-bond acceptors (Lipinski definition) is 13. The molecular weight excluding hydrogens is 1150 g/mol. The fraction of sp³-hybridized carbons (Fsp3) is 0.530. The minimum Gasteiger partial charge on any atom is -0.444 e. The smallest absolute Gasteiger partial charge is 0.410 e. The van der Waals surface area contributed by atoms with Gasteiger partial charge in [0, 0.05) is 89.0 Å². The Balaban J connectivity index is 1.02. The van der Waals surface area contributed by atoms with Crippen molar-refractivity contribution in [3.8, 4) is 0 Å². The van der Waals surface area contributed by atoms with E-state index in [9.17, 15) is 23.6 Å². The van der Waals surface area contributed by atoms with Gasteiger partial charge in [0.15, 0.2) is 0 Å². The lowest BCUT2D eigenvalue weighted by molar-refractivity contribution is -0.144. The zero-order chi connectivity index (χ0) is 64.4. The van der Waals surface area contributed by atoms with Crippen LogP contribution in [0.3, 0.4) is 0 Å². The van der Waals surface area contributed by atoms with Gasteiger partial charge in [0.25, 0.3) is 5.91 Å². The van der Waals surface area contributed by atoms with Crippen molar-refractivity contribution in [2.24, 2.45) is 5.92 Å². The van der Waals surface area contributed by atoms with E-state index in [1.54, 1.807) is 61.8 Å². The highest BCUT2D eigenvalue weighted by atomic mass is 19.1. The number of morpholine rings is 1. The summed E-state index contributed by atoms with van der Waals surface area (Å²) in [6.45, 7) is 20.9. The van der Waals surface area contributed by atoms with Crippen molar-refractivity contribution in [1.82, 2.24) is 29.8 Å². The lowest BCUT2D eigenvalue weighted by Crippen LogP contribution is -2.64. The van der Waals surface area contributed by atoms with Crippen LogP contribution in [0.5, 0.6) is 0 Å². The molecular formula is C66H84F3N9O11. The number of halogens is 3. The second-order valence-electron chi connectivity index (χ2n) is 26.5. The number of ether oxygens (including phenoxy) is 4. The van der Waals surface area contributed by atoms with Crippen LogP contribution in [0.2, 0.25) is 0 Å². The van der Waals surface area contributed by atoms with Crippen molar-refractivity contribution in [1.29, 1.82) is 0 Å². The molecule has 9 rings (SSSR count). The van der Waals surface area contributed by atoms with Gasteiger partial charge in [-0.1, -0.05) is 36.4 Å². The van der Waals surface area contributed by atoms with Crippen LogP contribution in [0.15, 0.2) is 78.9 Å². The van der Waals surface area contributed by atoms with Crippen molar-refractivity contribution >= 4 is 58.8 Å². The topological polar surface area (TPSA) is 212 Å². The van der Waals surface area contributed by atoms with Crippen LogP contribution in [0, 0.1) is 23.4 Å². The van der Waals surface area contributed by atoms with E-state index in [4.69, 9.17) is 18.9 Å². The quantitative estimate of drug-likeness (QED) is 0.103. The first-order valence-corrected chi connectivity index (χ1v) is 30.6. The van der Waals surface area contributed by atoms with Gasteiger partial charge in [-0.3, -0.25) is 38.7 Å². The SMILES string of the molecule is CC1COCCN1C[C@H]1CN(C(=O)OC(C)(C)C)[C@H](C)CN1CC(=O)N1CC(C)(C(=O)Nc2ccc3c(c2)C(C(=O)Nc2c(F)cccc2F)N(C(=O)C(NC(=O)C(C)N(C)C(=O)OC(C)(C)C)C2CCOCC2)C3)c2ccc(Cc3ccc(F)cc3)cc21. The summed E-state index contributed by atoms with van der Waals surface area (Å²) in [5, 5.41) is 8.30. The van der Waals surface area contributed by atoms with E-state index in [1.165, 1.54) is 37.1 Å². The number of benzene rings is 4. The molecule has 23 heteroatoms. The maximum atomic E-state index is 15.4. The Kier molecular flexibility index (Phi) is 19.9. The van der Waals surface area contributed by atoms with Crippen molar-refractivity contribution in [2.75, 3.05) is 88.3 Å². The third kappa shape index (κ3) is 15.2. The average molecular weight is 1240 g/mol. The number of rotatable bonds is 15. The Morgan fingerprint density at radius 1 is 0.775 bits per heavy atom. The largest absolute Gasteiger partial charge is 0.444 e. The van der Waals surface area contributed by atoms with Gasteiger partial charge in [0.1, 0.15) is 52.5 Å². The second kappa shape index (κ2) is 26.8. The van der Waals surface area contributed by atoms with Crippen LogP contribution in [-0.2, 0) is 61.3 Å². The maximum Gasteiger partial charge on any atom is 0.410 e. The van der Waals surface area contributed by atoms with Crippen LogP contribution in [0.1, 0.15) is 116 Å². The van der Waals surface area contributed by atoms with Crippen LogP contribution < -0.4 is 20.9 Å². The second-order valence-corrected chi connectivity index (χ2v) is 26.5. The van der Waals surface area contributed by atoms with Gasteiger partial charge in [-0.2, -0.15) is 0 Å². The first-order chi connectivity index (χ1) is 42.0. The summed E-state index contributed by atoms with van der Waals surface area (Å²) in [5.41, 5.74) is -0.195. The number of fused-ring (bicyclic) bond motifs is 2. The minimum absolute atomic E-state index is 0.0588. The van der Waals surface area contributed by atoms with E-state index in [0.717, 1.165) is 34.2 Å². The summed E-state index contributed by atoms with van der Waals surface area (Å²) in [5.74, 6) is -6.17. The average Bonchev–Trinajstić information content (AvgIpc) is 1.64. The summed E-state index contributed by atoms with van der Waals surface area (Å²) >= 11 is 0. The molecule has 20 nitrogen and oxygen atoms in total. The normalized spacial score (nSPS) is 22.3. The number of piperazine rings is 1. The van der Waals surface area contributed by atoms with Crippen LogP contribution in [-0.4, -0.2) is 180 Å². The number of amides is 7. The molecule has 480 valence electrons. The van der Waals surface area contributed by atoms with Crippen molar-refractivity contribution in [3.05, 3.63) is 124 Å². The predicted molar refractivity (Wildman–Crippen MR) is 327 cm³/mol.